The number of thioether (sulfide) groups is 1. The molecule has 2 rings (SSSR count). The lowest BCUT2D eigenvalue weighted by molar-refractivity contribution is -0.141. The van der Waals surface area contributed by atoms with Gasteiger partial charge in [-0.1, -0.05) is 6.92 Å². The molecule has 0 saturated carbocycles. The molecule has 0 amide bonds. The fraction of sp³-hybridized carbons (Fsp3) is 0.286. The predicted octanol–water partition coefficient (Wildman–Crippen LogP) is 4.21. The van der Waals surface area contributed by atoms with E-state index in [2.05, 4.69) is 5.10 Å². The first-order chi connectivity index (χ1) is 9.82. The van der Waals surface area contributed by atoms with Gasteiger partial charge in [-0.3, -0.25) is 4.79 Å². The monoisotopic (exact) mass is 314 g/mol. The second-order valence-electron chi connectivity index (χ2n) is 4.31. The first kappa shape index (κ1) is 15.6. The Balaban J connectivity index is 2.43. The van der Waals surface area contributed by atoms with Gasteiger partial charge >= 0.3 is 6.18 Å². The summed E-state index contributed by atoms with van der Waals surface area (Å²) in [6.07, 6.45) is -3.21. The Morgan fingerprint density at radius 1 is 1.33 bits per heavy atom. The average Bonchev–Trinajstić information content (AvgIpc) is 2.88. The summed E-state index contributed by atoms with van der Waals surface area (Å²) in [6.45, 7) is 3.40. The third-order valence-electron chi connectivity index (χ3n) is 2.79. The second kappa shape index (κ2) is 5.93. The van der Waals surface area contributed by atoms with Gasteiger partial charge in [0.2, 0.25) is 0 Å². The lowest BCUT2D eigenvalue weighted by atomic mass is 10.1. The minimum Gasteiger partial charge on any atom is -0.294 e. The topological polar surface area (TPSA) is 34.9 Å². The van der Waals surface area contributed by atoms with Crippen LogP contribution in [0.2, 0.25) is 0 Å². The molecular formula is C14H13F3N2OS. The van der Waals surface area contributed by atoms with E-state index in [0.29, 0.717) is 11.3 Å². The molecule has 0 aliphatic carbocycles. The molecule has 0 atom stereocenters. The van der Waals surface area contributed by atoms with Gasteiger partial charge in [-0.15, -0.1) is 11.8 Å². The van der Waals surface area contributed by atoms with Gasteiger partial charge < -0.3 is 0 Å². The van der Waals surface area contributed by atoms with Crippen molar-refractivity contribution in [2.45, 2.75) is 24.9 Å². The molecule has 112 valence electrons. The van der Waals surface area contributed by atoms with Crippen LogP contribution in [-0.4, -0.2) is 21.3 Å². The molecule has 0 fully saturated rings. The van der Waals surface area contributed by atoms with Crippen molar-refractivity contribution in [3.63, 3.8) is 0 Å². The molecule has 0 bridgehead atoms. The predicted molar refractivity (Wildman–Crippen MR) is 75.0 cm³/mol. The first-order valence-electron chi connectivity index (χ1n) is 6.24. The van der Waals surface area contributed by atoms with Crippen LogP contribution >= 0.6 is 11.8 Å². The molecule has 2 aromatic rings. The summed E-state index contributed by atoms with van der Waals surface area (Å²) >= 11 is 1.47. The summed E-state index contributed by atoms with van der Waals surface area (Å²) < 4.78 is 38.8. The highest BCUT2D eigenvalue weighted by Crippen LogP contribution is 2.29. The molecule has 0 aliphatic rings. The Kier molecular flexibility index (Phi) is 4.41. The molecule has 0 unspecified atom stereocenters. The molecule has 0 N–H and O–H groups in total. The van der Waals surface area contributed by atoms with Crippen molar-refractivity contribution < 1.29 is 18.0 Å². The van der Waals surface area contributed by atoms with Gasteiger partial charge in [-0.25, -0.2) is 4.68 Å². The van der Waals surface area contributed by atoms with Crippen LogP contribution < -0.4 is 0 Å². The van der Waals surface area contributed by atoms with Crippen molar-refractivity contribution >= 4 is 17.5 Å². The van der Waals surface area contributed by atoms with Crippen LogP contribution in [0.25, 0.3) is 5.69 Å². The number of rotatable bonds is 4. The van der Waals surface area contributed by atoms with Crippen LogP contribution in [0.5, 0.6) is 0 Å². The molecule has 0 spiro atoms. The average molecular weight is 314 g/mol. The Bertz CT molecular complexity index is 664. The van der Waals surface area contributed by atoms with Crippen LogP contribution in [0.15, 0.2) is 35.4 Å². The van der Waals surface area contributed by atoms with Crippen LogP contribution in [0.1, 0.15) is 29.9 Å². The van der Waals surface area contributed by atoms with Crippen molar-refractivity contribution in [3.8, 4) is 5.69 Å². The van der Waals surface area contributed by atoms with Gasteiger partial charge in [0, 0.05) is 16.7 Å². The van der Waals surface area contributed by atoms with Gasteiger partial charge in [0.15, 0.2) is 11.5 Å². The van der Waals surface area contributed by atoms with E-state index in [0.717, 1.165) is 21.4 Å². The van der Waals surface area contributed by atoms with E-state index in [1.165, 1.54) is 24.9 Å². The molecular weight excluding hydrogens is 301 g/mol. The fourth-order valence-corrected chi connectivity index (χ4v) is 2.72. The number of carbonyl (C=O) groups excluding carboxylic acids is 1. The fourth-order valence-electron chi connectivity index (χ4n) is 1.84. The largest absolute Gasteiger partial charge is 0.435 e. The zero-order valence-corrected chi connectivity index (χ0v) is 12.3. The number of benzene rings is 1. The summed E-state index contributed by atoms with van der Waals surface area (Å²) in [4.78, 5) is 12.3. The number of nitrogens with zero attached hydrogens (tertiary/aromatic N) is 2. The highest BCUT2D eigenvalue weighted by molar-refractivity contribution is 7.99. The van der Waals surface area contributed by atoms with Gasteiger partial charge in [0.25, 0.3) is 0 Å². The summed E-state index contributed by atoms with van der Waals surface area (Å²) in [5.74, 6) is 0.686. The molecule has 21 heavy (non-hydrogen) atoms. The van der Waals surface area contributed by atoms with Crippen LogP contribution in [-0.2, 0) is 6.18 Å². The van der Waals surface area contributed by atoms with E-state index in [-0.39, 0.29) is 5.78 Å². The number of ketones is 1. The van der Waals surface area contributed by atoms with Gasteiger partial charge in [0.05, 0.1) is 5.69 Å². The summed E-state index contributed by atoms with van der Waals surface area (Å²) in [6, 6.07) is 5.80. The Morgan fingerprint density at radius 3 is 2.57 bits per heavy atom. The number of hydrogen-bond donors (Lipinski definition) is 0. The van der Waals surface area contributed by atoms with E-state index < -0.39 is 11.9 Å². The number of carbonyl (C=O) groups is 1. The van der Waals surface area contributed by atoms with Crippen molar-refractivity contribution in [1.29, 1.82) is 0 Å². The summed E-state index contributed by atoms with van der Waals surface area (Å²) in [5.41, 5.74) is 0.114. The number of Topliss-reactive ketones (excluding diaryl/α,β-unsaturated/α-hetero) is 1. The Labute approximate surface area is 124 Å². The number of hydrogen-bond acceptors (Lipinski definition) is 3. The lowest BCUT2D eigenvalue weighted by Gasteiger charge is -2.09. The quantitative estimate of drug-likeness (QED) is 0.626. The number of alkyl halides is 3. The summed E-state index contributed by atoms with van der Waals surface area (Å²) in [5, 5.41) is 3.52. The maximum atomic E-state index is 12.6. The van der Waals surface area contributed by atoms with E-state index >= 15 is 0 Å². The zero-order chi connectivity index (χ0) is 15.6. The number of halogens is 3. The zero-order valence-electron chi connectivity index (χ0n) is 11.4. The third kappa shape index (κ3) is 3.47. The van der Waals surface area contributed by atoms with E-state index in [4.69, 9.17) is 0 Å². The van der Waals surface area contributed by atoms with Gasteiger partial charge in [-0.05, 0) is 36.9 Å². The highest BCUT2D eigenvalue weighted by Gasteiger charge is 2.33. The van der Waals surface area contributed by atoms with Crippen LogP contribution in [0, 0.1) is 0 Å². The van der Waals surface area contributed by atoms with Crippen LogP contribution in [0.4, 0.5) is 13.2 Å². The van der Waals surface area contributed by atoms with Crippen molar-refractivity contribution in [1.82, 2.24) is 9.78 Å². The maximum absolute atomic E-state index is 12.6. The standard InChI is InChI=1S/C14H13F3N2OS/c1-3-21-12-8-10(4-5-11(12)9(2)20)19-7-6-13(18-19)14(15,16)17/h4-8H,3H2,1-2H3. The highest BCUT2D eigenvalue weighted by atomic mass is 32.2. The molecule has 0 aliphatic heterocycles. The minimum atomic E-state index is -4.47. The molecule has 3 nitrogen and oxygen atoms in total. The van der Waals surface area contributed by atoms with Gasteiger partial charge in [0.1, 0.15) is 0 Å². The molecule has 1 aromatic heterocycles. The van der Waals surface area contributed by atoms with E-state index in [9.17, 15) is 18.0 Å². The van der Waals surface area contributed by atoms with Gasteiger partial charge in [-0.2, -0.15) is 18.3 Å². The van der Waals surface area contributed by atoms with E-state index in [1.54, 1.807) is 18.2 Å². The van der Waals surface area contributed by atoms with Crippen molar-refractivity contribution in [2.75, 3.05) is 5.75 Å². The van der Waals surface area contributed by atoms with E-state index in [1.807, 2.05) is 6.92 Å². The Hall–Kier alpha value is -1.76. The molecule has 0 radical (unpaired) electrons. The smallest absolute Gasteiger partial charge is 0.294 e. The second-order valence-corrected chi connectivity index (χ2v) is 5.62. The normalized spacial score (nSPS) is 11.7. The third-order valence-corrected chi connectivity index (χ3v) is 3.73. The first-order valence-corrected chi connectivity index (χ1v) is 7.22. The molecule has 7 heteroatoms. The maximum Gasteiger partial charge on any atom is 0.435 e. The lowest BCUT2D eigenvalue weighted by Crippen LogP contribution is -2.07. The Morgan fingerprint density at radius 2 is 2.05 bits per heavy atom. The van der Waals surface area contributed by atoms with Crippen LogP contribution in [0.3, 0.4) is 0 Å². The number of aromatic nitrogens is 2. The summed E-state index contributed by atoms with van der Waals surface area (Å²) in [7, 11) is 0. The van der Waals surface area contributed by atoms with Crippen molar-refractivity contribution in [2.24, 2.45) is 0 Å². The minimum absolute atomic E-state index is 0.0751. The molecule has 0 saturated heterocycles. The SMILES string of the molecule is CCSc1cc(-n2ccc(C(F)(F)F)n2)ccc1C(C)=O. The van der Waals surface area contributed by atoms with Crippen molar-refractivity contribution in [3.05, 3.63) is 41.7 Å². The molecule has 1 aromatic carbocycles. The molecule has 1 heterocycles.